The van der Waals surface area contributed by atoms with E-state index in [1.165, 1.54) is 110 Å². The Morgan fingerprint density at radius 2 is 1.16 bits per heavy atom. The van der Waals surface area contributed by atoms with Gasteiger partial charge in [-0.25, -0.2) is 0 Å². The Balaban J connectivity index is 1.33. The summed E-state index contributed by atoms with van der Waals surface area (Å²) in [4.78, 5) is 5.20. The molecule has 3 nitrogen and oxygen atoms in total. The molecule has 6 aromatic rings. The lowest BCUT2D eigenvalue weighted by atomic mass is 9.35. The molecule has 0 unspecified atom stereocenters. The van der Waals surface area contributed by atoms with Crippen molar-refractivity contribution in [3.05, 3.63) is 124 Å². The highest BCUT2D eigenvalue weighted by atomic mass is 16.3. The molecule has 0 bridgehead atoms. The predicted molar refractivity (Wildman–Crippen MR) is 249 cm³/mol. The fourth-order valence-corrected chi connectivity index (χ4v) is 11.2. The lowest BCUT2D eigenvalue weighted by molar-refractivity contribution is 0.332. The molecule has 0 fully saturated rings. The van der Waals surface area contributed by atoms with Gasteiger partial charge in [0.2, 0.25) is 0 Å². The molecule has 4 aliphatic rings. The molecule has 58 heavy (non-hydrogen) atoms. The Morgan fingerprint density at radius 3 is 1.79 bits per heavy atom. The van der Waals surface area contributed by atoms with E-state index in [2.05, 4.69) is 185 Å². The zero-order valence-electron chi connectivity index (χ0n) is 37.3. The van der Waals surface area contributed by atoms with Gasteiger partial charge in [-0.2, -0.15) is 0 Å². The van der Waals surface area contributed by atoms with E-state index in [0.29, 0.717) is 0 Å². The average Bonchev–Trinajstić information content (AvgIpc) is 3.54. The number of furan rings is 1. The first-order chi connectivity index (χ1) is 27.2. The monoisotopic (exact) mass is 764 g/mol. The first kappa shape index (κ1) is 37.6. The molecule has 0 saturated heterocycles. The number of hydrogen-bond acceptors (Lipinski definition) is 3. The molecule has 10 rings (SSSR count). The van der Waals surface area contributed by atoms with Crippen molar-refractivity contribution in [2.45, 2.75) is 143 Å². The third-order valence-corrected chi connectivity index (χ3v) is 15.1. The minimum absolute atomic E-state index is 0.0522. The van der Waals surface area contributed by atoms with Gasteiger partial charge >= 0.3 is 0 Å². The fourth-order valence-electron chi connectivity index (χ4n) is 11.2. The van der Waals surface area contributed by atoms with Gasteiger partial charge in [0, 0.05) is 33.8 Å². The molecule has 0 N–H and O–H groups in total. The lowest BCUT2D eigenvalue weighted by Crippen LogP contribution is -2.61. The highest BCUT2D eigenvalue weighted by Gasteiger charge is 2.49. The zero-order valence-corrected chi connectivity index (χ0v) is 37.3. The van der Waals surface area contributed by atoms with Crippen molar-refractivity contribution >= 4 is 68.4 Å². The van der Waals surface area contributed by atoms with Crippen LogP contribution >= 0.6 is 0 Å². The molecule has 2 aliphatic carbocycles. The van der Waals surface area contributed by atoms with Gasteiger partial charge in [-0.15, -0.1) is 0 Å². The third kappa shape index (κ3) is 5.31. The number of aryl methyl sites for hydroxylation is 2. The maximum absolute atomic E-state index is 7.24. The number of fused-ring (bicyclic) bond motifs is 8. The minimum Gasteiger partial charge on any atom is -0.468 e. The molecule has 2 aliphatic heterocycles. The number of para-hydroxylation sites is 1. The summed E-state index contributed by atoms with van der Waals surface area (Å²) in [6, 6.07) is 33.4. The van der Waals surface area contributed by atoms with Crippen molar-refractivity contribution in [3.63, 3.8) is 0 Å². The van der Waals surface area contributed by atoms with E-state index in [1.807, 2.05) is 0 Å². The second-order valence-corrected chi connectivity index (χ2v) is 22.1. The Labute approximate surface area is 347 Å². The fraction of sp³-hybridized carbons (Fsp3) is 0.407. The van der Waals surface area contributed by atoms with Crippen molar-refractivity contribution in [2.75, 3.05) is 9.80 Å². The number of anilines is 6. The second-order valence-electron chi connectivity index (χ2n) is 22.1. The lowest BCUT2D eigenvalue weighted by Gasteiger charge is -2.47. The summed E-state index contributed by atoms with van der Waals surface area (Å²) in [5, 5.41) is 1.16. The molecular weight excluding hydrogens is 703 g/mol. The van der Waals surface area contributed by atoms with Gasteiger partial charge in [0.15, 0.2) is 0 Å². The van der Waals surface area contributed by atoms with Crippen molar-refractivity contribution in [1.82, 2.24) is 0 Å². The first-order valence-electron chi connectivity index (χ1n) is 21.9. The van der Waals surface area contributed by atoms with Gasteiger partial charge in [0.25, 0.3) is 6.71 Å². The van der Waals surface area contributed by atoms with E-state index in [4.69, 9.17) is 4.42 Å². The SMILES string of the molecule is Cc1cc2c3c(c1)N(c1ccc(C(C)(C)C)cc1C)c1c(oc4ccccc14)B3c1cc3c(cc1N2c1ccc2c(c1)C(C)(C)CCC2(C)C)C(C)(C)CCC3(C)C. The molecule has 296 valence electrons. The van der Waals surface area contributed by atoms with Crippen LogP contribution in [0.15, 0.2) is 89.3 Å². The van der Waals surface area contributed by atoms with Crippen LogP contribution in [0.5, 0.6) is 0 Å². The van der Waals surface area contributed by atoms with E-state index in [-0.39, 0.29) is 33.8 Å². The minimum atomic E-state index is -0.0659. The van der Waals surface area contributed by atoms with Gasteiger partial charge in [0.1, 0.15) is 5.58 Å². The summed E-state index contributed by atoms with van der Waals surface area (Å²) in [5.74, 6) is 0. The third-order valence-electron chi connectivity index (χ3n) is 15.1. The topological polar surface area (TPSA) is 19.6 Å². The van der Waals surface area contributed by atoms with Crippen LogP contribution in [0.2, 0.25) is 0 Å². The highest BCUT2D eigenvalue weighted by Crippen LogP contribution is 2.53. The summed E-state index contributed by atoms with van der Waals surface area (Å²) in [6.07, 6.45) is 4.73. The molecule has 0 saturated carbocycles. The zero-order chi connectivity index (χ0) is 41.1. The van der Waals surface area contributed by atoms with Crippen molar-refractivity contribution in [2.24, 2.45) is 0 Å². The quantitative estimate of drug-likeness (QED) is 0.163. The van der Waals surface area contributed by atoms with Crippen molar-refractivity contribution in [1.29, 1.82) is 0 Å². The van der Waals surface area contributed by atoms with Gasteiger partial charge < -0.3 is 14.2 Å². The molecule has 0 spiro atoms. The van der Waals surface area contributed by atoms with Crippen LogP contribution in [0, 0.1) is 13.8 Å². The van der Waals surface area contributed by atoms with E-state index >= 15 is 0 Å². The molecule has 0 radical (unpaired) electrons. The maximum atomic E-state index is 7.24. The Bertz CT molecular complexity index is 2720. The number of benzene rings is 5. The van der Waals surface area contributed by atoms with E-state index in [9.17, 15) is 0 Å². The largest absolute Gasteiger partial charge is 0.468 e. The Kier molecular flexibility index (Phi) is 7.74. The molecule has 0 amide bonds. The standard InChI is InChI=1S/C54H61BN2O/c1-32-26-44-47-45(27-32)57(42-21-18-34(28-33(42)2)50(3,4)5)48-36-16-14-15-17-46(36)58-49(48)55(47)41-30-39-40(54(12,13)25-24-53(39,10)11)31-43(41)56(44)35-19-20-37-38(29-35)52(8,9)23-22-51(37,6)7/h14-21,26-31H,22-25H2,1-13H3. The van der Waals surface area contributed by atoms with Crippen LogP contribution in [0.3, 0.4) is 0 Å². The summed E-state index contributed by atoms with van der Waals surface area (Å²) < 4.78 is 7.24. The van der Waals surface area contributed by atoms with Crippen LogP contribution in [0.1, 0.15) is 141 Å². The van der Waals surface area contributed by atoms with Crippen LogP contribution in [0.25, 0.3) is 11.0 Å². The summed E-state index contributed by atoms with van der Waals surface area (Å²) in [6.45, 7) is 31.0. The van der Waals surface area contributed by atoms with Gasteiger partial charge in [-0.05, 0) is 165 Å². The van der Waals surface area contributed by atoms with Crippen molar-refractivity contribution in [3.8, 4) is 0 Å². The normalized spacial score (nSPS) is 19.3. The summed E-state index contributed by atoms with van der Waals surface area (Å²) in [5.41, 5.74) is 22.3. The maximum Gasteiger partial charge on any atom is 0.297 e. The van der Waals surface area contributed by atoms with Crippen LogP contribution in [-0.2, 0) is 27.1 Å². The smallest absolute Gasteiger partial charge is 0.297 e. The number of hydrogen-bond donors (Lipinski definition) is 0. The Hall–Kier alpha value is -4.70. The molecular formula is C54H61BN2O. The van der Waals surface area contributed by atoms with E-state index in [0.717, 1.165) is 16.6 Å². The highest BCUT2D eigenvalue weighted by molar-refractivity contribution is 7.00. The van der Waals surface area contributed by atoms with Crippen LogP contribution in [-0.4, -0.2) is 6.71 Å². The number of nitrogens with zero attached hydrogens (tertiary/aromatic N) is 2. The summed E-state index contributed by atoms with van der Waals surface area (Å²) >= 11 is 0. The Morgan fingerprint density at radius 1 is 0.569 bits per heavy atom. The van der Waals surface area contributed by atoms with E-state index < -0.39 is 0 Å². The second kappa shape index (κ2) is 12.0. The molecule has 4 heteroatoms. The predicted octanol–water partition coefficient (Wildman–Crippen LogP) is 13.1. The molecule has 1 aromatic heterocycles. The number of rotatable bonds is 2. The molecule has 0 atom stereocenters. The van der Waals surface area contributed by atoms with Crippen LogP contribution < -0.4 is 26.4 Å². The van der Waals surface area contributed by atoms with Crippen LogP contribution in [0.4, 0.5) is 34.1 Å². The molecule has 5 aromatic carbocycles. The first-order valence-corrected chi connectivity index (χ1v) is 21.9. The summed E-state index contributed by atoms with van der Waals surface area (Å²) in [7, 11) is 0. The van der Waals surface area contributed by atoms with Crippen molar-refractivity contribution < 1.29 is 4.42 Å². The van der Waals surface area contributed by atoms with E-state index in [1.54, 1.807) is 0 Å². The molecule has 3 heterocycles. The van der Waals surface area contributed by atoms with Gasteiger partial charge in [0.05, 0.1) is 11.3 Å². The van der Waals surface area contributed by atoms with Gasteiger partial charge in [-0.1, -0.05) is 113 Å². The van der Waals surface area contributed by atoms with Gasteiger partial charge in [-0.3, -0.25) is 0 Å². The average molecular weight is 765 g/mol.